The number of hydrogen-bond acceptors (Lipinski definition) is 5. The molecule has 1 amide bonds. The van der Waals surface area contributed by atoms with Crippen molar-refractivity contribution in [2.45, 2.75) is 6.54 Å². The minimum absolute atomic E-state index is 0.237. The Morgan fingerprint density at radius 1 is 1.03 bits per heavy atom. The number of pyridine rings is 1. The molecule has 0 bridgehead atoms. The van der Waals surface area contributed by atoms with Crippen molar-refractivity contribution < 1.29 is 9.53 Å². The van der Waals surface area contributed by atoms with Crippen LogP contribution >= 0.6 is 0 Å². The first-order valence-corrected chi connectivity index (χ1v) is 10.2. The Kier molecular flexibility index (Phi) is 6.32. The number of carbonyl (C=O) groups excluding carboxylic acids is 1. The average molecular weight is 425 g/mol. The van der Waals surface area contributed by atoms with Gasteiger partial charge in [0.1, 0.15) is 11.6 Å². The highest BCUT2D eigenvalue weighted by Gasteiger charge is 2.03. The summed E-state index contributed by atoms with van der Waals surface area (Å²) in [6.07, 6.45) is 3.26. The molecule has 0 unspecified atom stereocenters. The number of benzene rings is 3. The number of para-hydroxylation sites is 2. The molecule has 0 saturated carbocycles. The Morgan fingerprint density at radius 3 is 2.62 bits per heavy atom. The van der Waals surface area contributed by atoms with Crippen molar-refractivity contribution in [1.82, 2.24) is 4.98 Å². The molecular formula is C26H24N4O2. The van der Waals surface area contributed by atoms with Crippen LogP contribution < -0.4 is 21.1 Å². The van der Waals surface area contributed by atoms with Crippen LogP contribution in [0.5, 0.6) is 5.75 Å². The first-order valence-electron chi connectivity index (χ1n) is 10.2. The number of nitrogens with one attached hydrogen (secondary N) is 2. The zero-order valence-corrected chi connectivity index (χ0v) is 17.7. The fourth-order valence-corrected chi connectivity index (χ4v) is 3.24. The molecule has 4 N–H and O–H groups in total. The van der Waals surface area contributed by atoms with Crippen LogP contribution in [0.4, 0.5) is 17.2 Å². The van der Waals surface area contributed by atoms with Gasteiger partial charge in [-0.2, -0.15) is 0 Å². The third-order valence-corrected chi connectivity index (χ3v) is 4.99. The summed E-state index contributed by atoms with van der Waals surface area (Å²) in [7, 11) is 1.66. The molecular weight excluding hydrogens is 400 g/mol. The maximum absolute atomic E-state index is 12.2. The van der Waals surface area contributed by atoms with Crippen molar-refractivity contribution in [2.75, 3.05) is 23.5 Å². The van der Waals surface area contributed by atoms with Crippen LogP contribution in [0, 0.1) is 0 Å². The Labute approximate surface area is 186 Å². The molecule has 0 aliphatic heterocycles. The number of hydrogen-bond donors (Lipinski definition) is 3. The van der Waals surface area contributed by atoms with Crippen molar-refractivity contribution in [1.29, 1.82) is 0 Å². The van der Waals surface area contributed by atoms with Gasteiger partial charge in [0, 0.05) is 18.0 Å². The van der Waals surface area contributed by atoms with Crippen LogP contribution in [0.3, 0.4) is 0 Å². The SMILES string of the molecule is COc1ccc(CNc2ccc3cc(C=CC(=O)Nc4ccccc4N)ccc3n2)cc1. The maximum atomic E-state index is 12.2. The molecule has 0 radical (unpaired) electrons. The molecule has 3 aromatic carbocycles. The molecule has 0 saturated heterocycles. The van der Waals surface area contributed by atoms with Crippen molar-refractivity contribution in [2.24, 2.45) is 0 Å². The van der Waals surface area contributed by atoms with Gasteiger partial charge < -0.3 is 21.1 Å². The Hall–Kier alpha value is -4.32. The van der Waals surface area contributed by atoms with Crippen LogP contribution in [0.25, 0.3) is 17.0 Å². The predicted octanol–water partition coefficient (Wildman–Crippen LogP) is 5.09. The predicted molar refractivity (Wildman–Crippen MR) is 131 cm³/mol. The Balaban J connectivity index is 1.40. The normalized spacial score (nSPS) is 10.9. The summed E-state index contributed by atoms with van der Waals surface area (Å²) in [4.78, 5) is 16.9. The van der Waals surface area contributed by atoms with Gasteiger partial charge in [-0.25, -0.2) is 4.98 Å². The van der Waals surface area contributed by atoms with E-state index in [0.29, 0.717) is 17.9 Å². The van der Waals surface area contributed by atoms with Crippen molar-refractivity contribution >= 4 is 40.1 Å². The zero-order valence-electron chi connectivity index (χ0n) is 17.7. The van der Waals surface area contributed by atoms with Crippen molar-refractivity contribution in [3.63, 3.8) is 0 Å². The van der Waals surface area contributed by atoms with Gasteiger partial charge in [0.25, 0.3) is 0 Å². The van der Waals surface area contributed by atoms with E-state index in [1.807, 2.05) is 66.7 Å². The summed E-state index contributed by atoms with van der Waals surface area (Å²) in [6, 6.07) is 24.9. The van der Waals surface area contributed by atoms with Gasteiger partial charge in [-0.1, -0.05) is 30.3 Å². The summed E-state index contributed by atoms with van der Waals surface area (Å²) >= 11 is 0. The highest BCUT2D eigenvalue weighted by Crippen LogP contribution is 2.20. The minimum Gasteiger partial charge on any atom is -0.497 e. The largest absolute Gasteiger partial charge is 0.497 e. The molecule has 0 aliphatic rings. The molecule has 160 valence electrons. The summed E-state index contributed by atoms with van der Waals surface area (Å²) in [5.74, 6) is 1.40. The number of carbonyl (C=O) groups is 1. The van der Waals surface area contributed by atoms with E-state index in [9.17, 15) is 4.79 Å². The first kappa shape index (κ1) is 20.9. The number of rotatable bonds is 7. The topological polar surface area (TPSA) is 89.3 Å². The number of ether oxygens (including phenoxy) is 1. The number of fused-ring (bicyclic) bond motifs is 1. The molecule has 0 spiro atoms. The van der Waals surface area contributed by atoms with Crippen LogP contribution in [-0.2, 0) is 11.3 Å². The number of aromatic nitrogens is 1. The van der Waals surface area contributed by atoms with E-state index in [1.54, 1.807) is 25.3 Å². The van der Waals surface area contributed by atoms with Crippen molar-refractivity contribution in [3.05, 3.63) is 96.1 Å². The fraction of sp³-hybridized carbons (Fsp3) is 0.0769. The van der Waals surface area contributed by atoms with Crippen LogP contribution in [0.2, 0.25) is 0 Å². The second-order valence-corrected chi connectivity index (χ2v) is 7.26. The lowest BCUT2D eigenvalue weighted by Crippen LogP contribution is -2.09. The molecule has 6 nitrogen and oxygen atoms in total. The monoisotopic (exact) mass is 424 g/mol. The minimum atomic E-state index is -0.237. The second kappa shape index (κ2) is 9.66. The average Bonchev–Trinajstić information content (AvgIpc) is 2.83. The number of nitrogen functional groups attached to an aromatic ring is 1. The van der Waals surface area contributed by atoms with Gasteiger partial charge >= 0.3 is 0 Å². The summed E-state index contributed by atoms with van der Waals surface area (Å²) in [6.45, 7) is 0.671. The van der Waals surface area contributed by atoms with Gasteiger partial charge in [-0.3, -0.25) is 4.79 Å². The lowest BCUT2D eigenvalue weighted by Gasteiger charge is -2.08. The zero-order chi connectivity index (χ0) is 22.3. The van der Waals surface area contributed by atoms with Crippen LogP contribution in [0.1, 0.15) is 11.1 Å². The van der Waals surface area contributed by atoms with E-state index in [1.165, 1.54) is 6.08 Å². The smallest absolute Gasteiger partial charge is 0.248 e. The summed E-state index contributed by atoms with van der Waals surface area (Å²) in [5, 5.41) is 7.12. The van der Waals surface area contributed by atoms with Gasteiger partial charge in [0.15, 0.2) is 0 Å². The lowest BCUT2D eigenvalue weighted by atomic mass is 10.1. The lowest BCUT2D eigenvalue weighted by molar-refractivity contribution is -0.111. The van der Waals surface area contributed by atoms with Crippen molar-refractivity contribution in [3.8, 4) is 5.75 Å². The highest BCUT2D eigenvalue weighted by molar-refractivity contribution is 6.03. The van der Waals surface area contributed by atoms with Crippen LogP contribution in [-0.4, -0.2) is 18.0 Å². The van der Waals surface area contributed by atoms with E-state index >= 15 is 0 Å². The third-order valence-electron chi connectivity index (χ3n) is 4.99. The van der Waals surface area contributed by atoms with E-state index in [2.05, 4.69) is 15.6 Å². The molecule has 1 heterocycles. The van der Waals surface area contributed by atoms with E-state index < -0.39 is 0 Å². The molecule has 0 fully saturated rings. The third kappa shape index (κ3) is 5.23. The van der Waals surface area contributed by atoms with E-state index in [0.717, 1.165) is 33.6 Å². The quantitative estimate of drug-likeness (QED) is 0.284. The Bertz CT molecular complexity index is 1270. The molecule has 4 rings (SSSR count). The number of nitrogens with two attached hydrogens (primary N) is 1. The first-order chi connectivity index (χ1) is 15.6. The molecule has 4 aromatic rings. The molecule has 1 aromatic heterocycles. The summed E-state index contributed by atoms with van der Waals surface area (Å²) in [5.41, 5.74) is 9.92. The fourth-order valence-electron chi connectivity index (χ4n) is 3.24. The molecule has 32 heavy (non-hydrogen) atoms. The number of anilines is 3. The molecule has 6 heteroatoms. The summed E-state index contributed by atoms with van der Waals surface area (Å²) < 4.78 is 5.19. The highest BCUT2D eigenvalue weighted by atomic mass is 16.5. The Morgan fingerprint density at radius 2 is 1.84 bits per heavy atom. The maximum Gasteiger partial charge on any atom is 0.248 e. The number of nitrogens with zero attached hydrogens (tertiary/aromatic N) is 1. The number of amides is 1. The van der Waals surface area contributed by atoms with E-state index in [4.69, 9.17) is 10.5 Å². The van der Waals surface area contributed by atoms with E-state index in [-0.39, 0.29) is 5.91 Å². The van der Waals surface area contributed by atoms with Gasteiger partial charge in [-0.15, -0.1) is 0 Å². The van der Waals surface area contributed by atoms with Gasteiger partial charge in [-0.05, 0) is 65.7 Å². The standard InChI is InChI=1S/C26H24N4O2/c1-32-21-11-6-19(7-12-21)17-28-25-14-10-20-16-18(8-13-23(20)29-25)9-15-26(31)30-24-5-3-2-4-22(24)27/h2-16H,17,27H2,1H3,(H,28,29)(H,30,31). The van der Waals surface area contributed by atoms with Crippen LogP contribution in [0.15, 0.2) is 84.9 Å². The second-order valence-electron chi connectivity index (χ2n) is 7.26. The van der Waals surface area contributed by atoms with Gasteiger partial charge in [0.2, 0.25) is 5.91 Å². The van der Waals surface area contributed by atoms with Gasteiger partial charge in [0.05, 0.1) is 24.0 Å². The molecule has 0 aliphatic carbocycles. The number of methoxy groups -OCH3 is 1. The molecule has 0 atom stereocenters.